The maximum Gasteiger partial charge on any atom is 0.311 e. The molecule has 0 radical (unpaired) electrons. The Balaban J connectivity index is 2.24. The maximum absolute atomic E-state index is 13.2. The van der Waals surface area contributed by atoms with Crippen LogP contribution in [0, 0.1) is 10.1 Å². The van der Waals surface area contributed by atoms with E-state index in [4.69, 9.17) is 21.1 Å². The molecular weight excluding hydrogens is 450 g/mol. The summed E-state index contributed by atoms with van der Waals surface area (Å²) < 4.78 is 10.6. The van der Waals surface area contributed by atoms with Gasteiger partial charge in [0.1, 0.15) is 11.8 Å². The number of nitrogens with one attached hydrogen (secondary N) is 1. The Labute approximate surface area is 197 Å². The number of hydrogen-bond acceptors (Lipinski definition) is 6. The quantitative estimate of drug-likeness (QED) is 0.387. The fourth-order valence-electron chi connectivity index (χ4n) is 3.21. The molecular formula is C23H28ClN3O6. The first-order valence-electron chi connectivity index (χ1n) is 10.5. The number of methoxy groups -OCH3 is 1. The zero-order chi connectivity index (χ0) is 24.5. The van der Waals surface area contributed by atoms with E-state index in [1.54, 1.807) is 24.3 Å². The summed E-state index contributed by atoms with van der Waals surface area (Å²) in [6.45, 7) is 5.35. The molecule has 0 aliphatic carbocycles. The molecule has 9 nitrogen and oxygen atoms in total. The second kappa shape index (κ2) is 12.1. The Morgan fingerprint density at radius 1 is 1.18 bits per heavy atom. The van der Waals surface area contributed by atoms with Crippen molar-refractivity contribution in [3.63, 3.8) is 0 Å². The van der Waals surface area contributed by atoms with Gasteiger partial charge >= 0.3 is 5.69 Å². The highest BCUT2D eigenvalue weighted by atomic mass is 35.5. The minimum atomic E-state index is -0.703. The lowest BCUT2D eigenvalue weighted by Gasteiger charge is -2.31. The number of hydrogen-bond donors (Lipinski definition) is 1. The SMILES string of the molecule is CC[C@@H](C(=O)NC(C)C)N(Cc1ccc(Cl)cc1)C(=O)COc1ccc([N+](=O)[O-])c(OC)c1. The first-order chi connectivity index (χ1) is 15.7. The van der Waals surface area contributed by atoms with E-state index in [0.29, 0.717) is 11.4 Å². The van der Waals surface area contributed by atoms with E-state index in [0.717, 1.165) is 5.56 Å². The standard InChI is InChI=1S/C23H28ClN3O6/c1-5-19(23(29)25-15(2)3)26(13-16-6-8-17(24)9-7-16)22(28)14-33-18-10-11-20(27(30)31)21(12-18)32-4/h6-12,15,19H,5,13-14H2,1-4H3,(H,25,29)/t19-/m0/s1. The number of carbonyl (C=O) groups excluding carboxylic acids is 2. The van der Waals surface area contributed by atoms with Crippen molar-refractivity contribution in [1.29, 1.82) is 0 Å². The summed E-state index contributed by atoms with van der Waals surface area (Å²) in [5, 5.41) is 14.5. The predicted octanol–water partition coefficient (Wildman–Crippen LogP) is 3.97. The first-order valence-corrected chi connectivity index (χ1v) is 10.8. The minimum absolute atomic E-state index is 0.0192. The third kappa shape index (κ3) is 7.35. The van der Waals surface area contributed by atoms with Gasteiger partial charge in [0, 0.05) is 29.7 Å². The summed E-state index contributed by atoms with van der Waals surface area (Å²) in [6, 6.07) is 10.2. The van der Waals surface area contributed by atoms with Gasteiger partial charge in [-0.3, -0.25) is 19.7 Å². The van der Waals surface area contributed by atoms with E-state index in [-0.39, 0.29) is 42.3 Å². The van der Waals surface area contributed by atoms with Gasteiger partial charge in [0.2, 0.25) is 11.7 Å². The maximum atomic E-state index is 13.2. The lowest BCUT2D eigenvalue weighted by atomic mass is 10.1. The highest BCUT2D eigenvalue weighted by Crippen LogP contribution is 2.30. The van der Waals surface area contributed by atoms with Crippen LogP contribution in [-0.2, 0) is 16.1 Å². The molecule has 2 amide bonds. The fraction of sp³-hybridized carbons (Fsp3) is 0.391. The molecule has 178 valence electrons. The molecule has 0 fully saturated rings. The summed E-state index contributed by atoms with van der Waals surface area (Å²) in [7, 11) is 1.31. The van der Waals surface area contributed by atoms with Crippen LogP contribution in [0.2, 0.25) is 5.02 Å². The van der Waals surface area contributed by atoms with Crippen molar-refractivity contribution < 1.29 is 24.0 Å². The zero-order valence-electron chi connectivity index (χ0n) is 19.0. The molecule has 2 aromatic carbocycles. The Hall–Kier alpha value is -3.33. The van der Waals surface area contributed by atoms with E-state index in [1.807, 2.05) is 20.8 Å². The number of nitro groups is 1. The highest BCUT2D eigenvalue weighted by molar-refractivity contribution is 6.30. The molecule has 10 heteroatoms. The van der Waals surface area contributed by atoms with Gasteiger partial charge in [-0.25, -0.2) is 0 Å². The zero-order valence-corrected chi connectivity index (χ0v) is 19.8. The second-order valence-electron chi connectivity index (χ2n) is 7.61. The third-order valence-corrected chi connectivity index (χ3v) is 5.05. The number of carbonyl (C=O) groups is 2. The Bertz CT molecular complexity index is 981. The van der Waals surface area contributed by atoms with Crippen LogP contribution in [0.3, 0.4) is 0 Å². The number of benzene rings is 2. The molecule has 2 rings (SSSR count). The predicted molar refractivity (Wildman–Crippen MR) is 125 cm³/mol. The molecule has 0 unspecified atom stereocenters. The number of nitro benzene ring substituents is 1. The number of amides is 2. The minimum Gasteiger partial charge on any atom is -0.490 e. The van der Waals surface area contributed by atoms with E-state index in [1.165, 1.54) is 30.2 Å². The molecule has 0 aromatic heterocycles. The molecule has 33 heavy (non-hydrogen) atoms. The normalized spacial score (nSPS) is 11.6. The van der Waals surface area contributed by atoms with Crippen LogP contribution in [0.4, 0.5) is 5.69 Å². The summed E-state index contributed by atoms with van der Waals surface area (Å²) in [5.74, 6) is -0.414. The lowest BCUT2D eigenvalue weighted by molar-refractivity contribution is -0.385. The van der Waals surface area contributed by atoms with E-state index in [9.17, 15) is 19.7 Å². The molecule has 0 saturated heterocycles. The third-order valence-electron chi connectivity index (χ3n) is 4.79. The van der Waals surface area contributed by atoms with Gasteiger partial charge in [-0.15, -0.1) is 0 Å². The van der Waals surface area contributed by atoms with Gasteiger partial charge in [-0.1, -0.05) is 30.7 Å². The van der Waals surface area contributed by atoms with Gasteiger partial charge in [-0.2, -0.15) is 0 Å². The molecule has 0 heterocycles. The average Bonchev–Trinajstić information content (AvgIpc) is 2.77. The van der Waals surface area contributed by atoms with Crippen LogP contribution >= 0.6 is 11.6 Å². The van der Waals surface area contributed by atoms with Crippen LogP contribution in [-0.4, -0.2) is 47.4 Å². The van der Waals surface area contributed by atoms with Crippen LogP contribution in [0.1, 0.15) is 32.8 Å². The van der Waals surface area contributed by atoms with Gasteiger partial charge in [0.05, 0.1) is 12.0 Å². The molecule has 1 atom stereocenters. The molecule has 0 aliphatic heterocycles. The van der Waals surface area contributed by atoms with Crippen LogP contribution in [0.25, 0.3) is 0 Å². The van der Waals surface area contributed by atoms with Crippen LogP contribution < -0.4 is 14.8 Å². The van der Waals surface area contributed by atoms with Crippen molar-refractivity contribution in [3.05, 3.63) is 63.2 Å². The topological polar surface area (TPSA) is 111 Å². The van der Waals surface area contributed by atoms with E-state index < -0.39 is 16.9 Å². The number of ether oxygens (including phenoxy) is 2. The van der Waals surface area contributed by atoms with Gasteiger partial charge < -0.3 is 19.7 Å². The van der Waals surface area contributed by atoms with Crippen molar-refractivity contribution in [1.82, 2.24) is 10.2 Å². The van der Waals surface area contributed by atoms with Crippen molar-refractivity contribution in [2.24, 2.45) is 0 Å². The van der Waals surface area contributed by atoms with Crippen LogP contribution in [0.15, 0.2) is 42.5 Å². The fourth-order valence-corrected chi connectivity index (χ4v) is 3.34. The Morgan fingerprint density at radius 3 is 2.39 bits per heavy atom. The van der Waals surface area contributed by atoms with Gasteiger partial charge in [0.25, 0.3) is 5.91 Å². The van der Waals surface area contributed by atoms with Crippen molar-refractivity contribution in [2.75, 3.05) is 13.7 Å². The molecule has 2 aromatic rings. The number of nitrogens with zero attached hydrogens (tertiary/aromatic N) is 2. The number of rotatable bonds is 11. The van der Waals surface area contributed by atoms with Crippen molar-refractivity contribution in [2.45, 2.75) is 45.8 Å². The average molecular weight is 478 g/mol. The molecule has 0 aliphatic rings. The Kier molecular flexibility index (Phi) is 9.47. The summed E-state index contributed by atoms with van der Waals surface area (Å²) in [6.07, 6.45) is 0.406. The molecule has 0 saturated carbocycles. The van der Waals surface area contributed by atoms with Gasteiger partial charge in [-0.05, 0) is 44.0 Å². The first kappa shape index (κ1) is 25.9. The van der Waals surface area contributed by atoms with Crippen LogP contribution in [0.5, 0.6) is 11.5 Å². The summed E-state index contributed by atoms with van der Waals surface area (Å²) in [4.78, 5) is 37.9. The monoisotopic (exact) mass is 477 g/mol. The molecule has 0 spiro atoms. The number of halogens is 1. The molecule has 0 bridgehead atoms. The largest absolute Gasteiger partial charge is 0.490 e. The smallest absolute Gasteiger partial charge is 0.311 e. The summed E-state index contributed by atoms with van der Waals surface area (Å²) >= 11 is 5.96. The van der Waals surface area contributed by atoms with Gasteiger partial charge in [0.15, 0.2) is 6.61 Å². The Morgan fingerprint density at radius 2 is 1.85 bits per heavy atom. The van der Waals surface area contributed by atoms with Crippen molar-refractivity contribution >= 4 is 29.1 Å². The van der Waals surface area contributed by atoms with E-state index >= 15 is 0 Å². The van der Waals surface area contributed by atoms with Crippen molar-refractivity contribution in [3.8, 4) is 11.5 Å². The van der Waals surface area contributed by atoms with E-state index in [2.05, 4.69) is 5.32 Å². The lowest BCUT2D eigenvalue weighted by Crippen LogP contribution is -2.51. The summed E-state index contributed by atoms with van der Waals surface area (Å²) in [5.41, 5.74) is 0.595. The molecule has 1 N–H and O–H groups in total. The highest BCUT2D eigenvalue weighted by Gasteiger charge is 2.29. The second-order valence-corrected chi connectivity index (χ2v) is 8.05.